The van der Waals surface area contributed by atoms with Gasteiger partial charge in [-0.1, -0.05) is 12.1 Å². The maximum Gasteiger partial charge on any atom is 0.334 e. The molecule has 8 nitrogen and oxygen atoms in total. The molecule has 0 aliphatic carbocycles. The number of imidazole rings is 1. The van der Waals surface area contributed by atoms with Crippen LogP contribution in [-0.2, 0) is 7.05 Å². The smallest absolute Gasteiger partial charge is 0.334 e. The van der Waals surface area contributed by atoms with Gasteiger partial charge in [0.1, 0.15) is 11.6 Å². The van der Waals surface area contributed by atoms with Crippen LogP contribution in [-0.4, -0.2) is 60.8 Å². The number of piperazine rings is 1. The summed E-state index contributed by atoms with van der Waals surface area (Å²) < 4.78 is 17.5. The maximum atomic E-state index is 14.8. The first-order chi connectivity index (χ1) is 17.6. The van der Waals surface area contributed by atoms with Crippen molar-refractivity contribution in [2.75, 3.05) is 31.1 Å². The Morgan fingerprint density at radius 2 is 1.57 bits per heavy atom. The van der Waals surface area contributed by atoms with Crippen molar-refractivity contribution in [1.29, 1.82) is 0 Å². The fraction of sp³-hybridized carbons (Fsp3) is 0.321. The molecule has 1 aliphatic rings. The van der Waals surface area contributed by atoms with Gasteiger partial charge >= 0.3 is 5.69 Å². The van der Waals surface area contributed by atoms with Crippen molar-refractivity contribution < 1.29 is 9.50 Å². The van der Waals surface area contributed by atoms with Crippen molar-refractivity contribution in [3.05, 3.63) is 77.5 Å². The number of aryl methyl sites for hydroxylation is 1. The Morgan fingerprint density at radius 1 is 0.919 bits per heavy atom. The number of halogens is 1. The lowest BCUT2D eigenvalue weighted by molar-refractivity contribution is 0.128. The number of hydrogen-bond acceptors (Lipinski definition) is 6. The quantitative estimate of drug-likeness (QED) is 0.453. The van der Waals surface area contributed by atoms with Gasteiger partial charge in [-0.3, -0.25) is 4.90 Å². The van der Waals surface area contributed by atoms with Crippen LogP contribution in [0.3, 0.4) is 0 Å². The zero-order chi connectivity index (χ0) is 26.3. The van der Waals surface area contributed by atoms with E-state index in [-0.39, 0.29) is 28.5 Å². The number of aromatic hydroxyl groups is 1. The number of nitrogens with zero attached hydrogens (tertiary/aromatic N) is 6. The Hall–Kier alpha value is -3.98. The molecule has 2 aromatic heterocycles. The second-order valence-electron chi connectivity index (χ2n) is 10.4. The molecule has 1 fully saturated rings. The van der Waals surface area contributed by atoms with E-state index in [0.29, 0.717) is 11.1 Å². The molecule has 0 radical (unpaired) electrons. The third kappa shape index (κ3) is 4.86. The van der Waals surface area contributed by atoms with Crippen LogP contribution >= 0.6 is 0 Å². The Bertz CT molecular complexity index is 1480. The van der Waals surface area contributed by atoms with Gasteiger partial charge in [0.25, 0.3) is 0 Å². The standard InChI is InChI=1S/C28H31FN6O2/c1-28(2,3)34-11-9-33(10-12-34)22-7-5-6-19(14-22)23-15-21(29)16-24(25(23)36)20-17-30-26(31-18-20)35-13-8-32(4)27(35)37/h5-8,13-18,36H,9-12H2,1-4H3. The number of anilines is 1. The monoisotopic (exact) mass is 502 g/mol. The summed E-state index contributed by atoms with van der Waals surface area (Å²) in [5.41, 5.74) is 2.75. The fourth-order valence-corrected chi connectivity index (χ4v) is 4.75. The molecule has 192 valence electrons. The van der Waals surface area contributed by atoms with Crippen LogP contribution in [0.1, 0.15) is 20.8 Å². The second-order valence-corrected chi connectivity index (χ2v) is 10.4. The van der Waals surface area contributed by atoms with Crippen molar-refractivity contribution in [1.82, 2.24) is 24.0 Å². The molecule has 4 aromatic rings. The van der Waals surface area contributed by atoms with E-state index in [2.05, 4.69) is 40.5 Å². The predicted octanol–water partition coefficient (Wildman–Crippen LogP) is 4.07. The second kappa shape index (κ2) is 9.48. The lowest BCUT2D eigenvalue weighted by Gasteiger charge is -2.43. The van der Waals surface area contributed by atoms with Gasteiger partial charge < -0.3 is 14.6 Å². The average molecular weight is 503 g/mol. The Balaban J connectivity index is 1.44. The molecule has 1 saturated heterocycles. The first-order valence-corrected chi connectivity index (χ1v) is 12.3. The summed E-state index contributed by atoms with van der Waals surface area (Å²) in [4.78, 5) is 25.5. The molecular formula is C28H31FN6O2. The lowest BCUT2D eigenvalue weighted by atomic mass is 9.97. The van der Waals surface area contributed by atoms with E-state index < -0.39 is 5.82 Å². The van der Waals surface area contributed by atoms with Crippen LogP contribution in [0.2, 0.25) is 0 Å². The van der Waals surface area contributed by atoms with Crippen LogP contribution < -0.4 is 10.6 Å². The van der Waals surface area contributed by atoms with Crippen LogP contribution in [0.25, 0.3) is 28.2 Å². The first-order valence-electron chi connectivity index (χ1n) is 12.3. The van der Waals surface area contributed by atoms with Crippen molar-refractivity contribution in [2.24, 2.45) is 7.05 Å². The first kappa shape index (κ1) is 24.7. The van der Waals surface area contributed by atoms with Crippen molar-refractivity contribution in [3.8, 4) is 34.0 Å². The summed E-state index contributed by atoms with van der Waals surface area (Å²) in [5, 5.41) is 11.2. The van der Waals surface area contributed by atoms with Gasteiger partial charge in [0.2, 0.25) is 5.95 Å². The lowest BCUT2D eigenvalue weighted by Crippen LogP contribution is -2.53. The molecule has 2 aromatic carbocycles. The highest BCUT2D eigenvalue weighted by Crippen LogP contribution is 2.39. The van der Waals surface area contributed by atoms with Gasteiger partial charge in [0.05, 0.1) is 0 Å². The molecule has 0 spiro atoms. The number of benzene rings is 2. The molecule has 0 saturated carbocycles. The van der Waals surface area contributed by atoms with E-state index in [0.717, 1.165) is 37.4 Å². The van der Waals surface area contributed by atoms with E-state index in [1.807, 2.05) is 24.3 Å². The summed E-state index contributed by atoms with van der Waals surface area (Å²) in [5.74, 6) is -0.329. The van der Waals surface area contributed by atoms with E-state index in [1.165, 1.54) is 33.7 Å². The third-order valence-electron chi connectivity index (χ3n) is 6.94. The summed E-state index contributed by atoms with van der Waals surface area (Å²) in [6, 6.07) is 10.4. The molecular weight excluding hydrogens is 471 g/mol. The minimum atomic E-state index is -0.477. The largest absolute Gasteiger partial charge is 0.507 e. The fourth-order valence-electron chi connectivity index (χ4n) is 4.75. The molecule has 3 heterocycles. The SMILES string of the molecule is Cn1ccn(-c2ncc(-c3cc(F)cc(-c4cccc(N5CCN(C(C)(C)C)CC5)c4)c3O)cn2)c1=O. The highest BCUT2D eigenvalue weighted by atomic mass is 19.1. The van der Waals surface area contributed by atoms with Crippen molar-refractivity contribution >= 4 is 5.69 Å². The summed E-state index contributed by atoms with van der Waals surface area (Å²) >= 11 is 0. The zero-order valence-corrected chi connectivity index (χ0v) is 21.5. The van der Waals surface area contributed by atoms with E-state index in [9.17, 15) is 14.3 Å². The topological polar surface area (TPSA) is 79.4 Å². The minimum Gasteiger partial charge on any atom is -0.507 e. The molecule has 5 rings (SSSR count). The highest BCUT2D eigenvalue weighted by Gasteiger charge is 2.26. The van der Waals surface area contributed by atoms with Crippen LogP contribution in [0.15, 0.2) is 66.0 Å². The van der Waals surface area contributed by atoms with Crippen molar-refractivity contribution in [2.45, 2.75) is 26.3 Å². The average Bonchev–Trinajstić information content (AvgIpc) is 3.23. The molecule has 0 unspecified atom stereocenters. The van der Waals surface area contributed by atoms with Gasteiger partial charge in [0.15, 0.2) is 0 Å². The summed E-state index contributed by atoms with van der Waals surface area (Å²) in [6.45, 7) is 10.4. The normalized spacial score (nSPS) is 14.8. The molecule has 0 bridgehead atoms. The number of aromatic nitrogens is 4. The Kier molecular flexibility index (Phi) is 6.33. The van der Waals surface area contributed by atoms with E-state index in [1.54, 1.807) is 19.4 Å². The molecule has 0 amide bonds. The highest BCUT2D eigenvalue weighted by molar-refractivity contribution is 5.82. The molecule has 37 heavy (non-hydrogen) atoms. The summed E-state index contributed by atoms with van der Waals surface area (Å²) in [7, 11) is 1.64. The molecule has 1 N–H and O–H groups in total. The van der Waals surface area contributed by atoms with Gasteiger partial charge in [-0.15, -0.1) is 0 Å². The van der Waals surface area contributed by atoms with Crippen LogP contribution in [0.4, 0.5) is 10.1 Å². The Morgan fingerprint density at radius 3 is 2.16 bits per heavy atom. The van der Waals surface area contributed by atoms with Gasteiger partial charge in [-0.05, 0) is 50.6 Å². The number of phenols is 1. The molecule has 1 aliphatic heterocycles. The maximum absolute atomic E-state index is 14.8. The molecule has 0 atom stereocenters. The number of hydrogen-bond donors (Lipinski definition) is 1. The van der Waals surface area contributed by atoms with Gasteiger partial charge in [0, 0.05) is 85.9 Å². The zero-order valence-electron chi connectivity index (χ0n) is 21.5. The number of rotatable bonds is 4. The van der Waals surface area contributed by atoms with Crippen LogP contribution in [0, 0.1) is 5.82 Å². The van der Waals surface area contributed by atoms with E-state index in [4.69, 9.17) is 0 Å². The van der Waals surface area contributed by atoms with Crippen molar-refractivity contribution in [3.63, 3.8) is 0 Å². The Labute approximate surface area is 215 Å². The van der Waals surface area contributed by atoms with Crippen LogP contribution in [0.5, 0.6) is 5.75 Å². The van der Waals surface area contributed by atoms with Gasteiger partial charge in [-0.2, -0.15) is 0 Å². The number of phenolic OH excluding ortho intramolecular Hbond substituents is 1. The minimum absolute atomic E-state index is 0.0515. The predicted molar refractivity (Wildman–Crippen MR) is 143 cm³/mol. The van der Waals surface area contributed by atoms with E-state index >= 15 is 0 Å². The summed E-state index contributed by atoms with van der Waals surface area (Å²) in [6.07, 6.45) is 6.14. The molecule has 9 heteroatoms. The van der Waals surface area contributed by atoms with Gasteiger partial charge in [-0.25, -0.2) is 23.7 Å². The third-order valence-corrected chi connectivity index (χ3v) is 6.94.